The molecule has 146 valence electrons. The fraction of sp³-hybridized carbons (Fsp3) is 0.350. The number of benzene rings is 1. The topological polar surface area (TPSA) is 81.2 Å². The minimum absolute atomic E-state index is 0.0696. The first-order valence-electron chi connectivity index (χ1n) is 9.22. The van der Waals surface area contributed by atoms with Gasteiger partial charge in [0.15, 0.2) is 0 Å². The molecule has 3 aromatic rings. The van der Waals surface area contributed by atoms with Crippen LogP contribution in [0.2, 0.25) is 0 Å². The number of amides is 2. The van der Waals surface area contributed by atoms with Gasteiger partial charge in [-0.15, -0.1) is 11.3 Å². The fourth-order valence-electron chi connectivity index (χ4n) is 3.64. The van der Waals surface area contributed by atoms with E-state index in [1.807, 2.05) is 17.7 Å². The van der Waals surface area contributed by atoms with Crippen LogP contribution in [0.5, 0.6) is 0 Å². The van der Waals surface area contributed by atoms with Crippen LogP contribution in [-0.4, -0.2) is 39.6 Å². The zero-order valence-electron chi connectivity index (χ0n) is 15.5. The number of carbonyl (C=O) groups is 2. The smallest absolute Gasteiger partial charge is 0.264 e. The first-order chi connectivity index (χ1) is 13.4. The summed E-state index contributed by atoms with van der Waals surface area (Å²) in [6, 6.07) is 8.19. The lowest BCUT2D eigenvalue weighted by Gasteiger charge is -2.30. The molecule has 0 aliphatic carbocycles. The number of piperidine rings is 1. The van der Waals surface area contributed by atoms with Crippen LogP contribution in [-0.2, 0) is 11.3 Å². The molecule has 0 unspecified atom stereocenters. The molecule has 1 fully saturated rings. The summed E-state index contributed by atoms with van der Waals surface area (Å²) in [6.07, 6.45) is 1.51. The van der Waals surface area contributed by atoms with Crippen molar-refractivity contribution in [2.75, 3.05) is 13.1 Å². The standard InChI is InChI=1S/C20H21FN4O2S/c1-12-16-9-17(19(27)24-8-2-3-14(11-24)18(22)26)28-20(16)25(23-12)10-13-4-6-15(21)7-5-13/h4-7,9,14H,2-3,8,10-11H2,1H3,(H2,22,26)/t14-/m0/s1. The molecule has 1 saturated heterocycles. The summed E-state index contributed by atoms with van der Waals surface area (Å²) in [5, 5.41) is 5.51. The van der Waals surface area contributed by atoms with Crippen LogP contribution in [0.25, 0.3) is 10.2 Å². The first-order valence-corrected chi connectivity index (χ1v) is 10.0. The predicted octanol–water partition coefficient (Wildman–Crippen LogP) is 2.93. The summed E-state index contributed by atoms with van der Waals surface area (Å²) in [5.41, 5.74) is 7.21. The lowest BCUT2D eigenvalue weighted by atomic mass is 9.97. The summed E-state index contributed by atoms with van der Waals surface area (Å²) < 4.78 is 15.0. The van der Waals surface area contributed by atoms with Crippen molar-refractivity contribution in [1.29, 1.82) is 0 Å². The van der Waals surface area contributed by atoms with Crippen molar-refractivity contribution < 1.29 is 14.0 Å². The normalized spacial score (nSPS) is 17.2. The van der Waals surface area contributed by atoms with E-state index in [1.54, 1.807) is 17.0 Å². The highest BCUT2D eigenvalue weighted by molar-refractivity contribution is 7.20. The Balaban J connectivity index is 1.60. The van der Waals surface area contributed by atoms with E-state index >= 15 is 0 Å². The van der Waals surface area contributed by atoms with E-state index in [9.17, 15) is 14.0 Å². The number of halogens is 1. The zero-order chi connectivity index (χ0) is 19.8. The van der Waals surface area contributed by atoms with Gasteiger partial charge in [-0.05, 0) is 43.5 Å². The van der Waals surface area contributed by atoms with Gasteiger partial charge in [0.05, 0.1) is 23.0 Å². The molecule has 1 aliphatic rings. The lowest BCUT2D eigenvalue weighted by molar-refractivity contribution is -0.123. The number of nitrogens with two attached hydrogens (primary N) is 1. The molecule has 0 saturated carbocycles. The number of hydrogen-bond donors (Lipinski definition) is 1. The zero-order valence-corrected chi connectivity index (χ0v) is 16.3. The van der Waals surface area contributed by atoms with Crippen molar-refractivity contribution in [1.82, 2.24) is 14.7 Å². The average molecular weight is 400 g/mol. The van der Waals surface area contributed by atoms with E-state index in [2.05, 4.69) is 5.10 Å². The number of aromatic nitrogens is 2. The monoisotopic (exact) mass is 400 g/mol. The van der Waals surface area contributed by atoms with Gasteiger partial charge in [0.2, 0.25) is 5.91 Å². The van der Waals surface area contributed by atoms with Crippen LogP contribution in [0.3, 0.4) is 0 Å². The van der Waals surface area contributed by atoms with Crippen molar-refractivity contribution in [3.05, 3.63) is 52.3 Å². The molecule has 4 rings (SSSR count). The molecule has 8 heteroatoms. The minimum atomic E-state index is -0.348. The molecule has 6 nitrogen and oxygen atoms in total. The highest BCUT2D eigenvalue weighted by atomic mass is 32.1. The number of aryl methyl sites for hydroxylation is 1. The van der Waals surface area contributed by atoms with Crippen LogP contribution in [0.4, 0.5) is 4.39 Å². The Morgan fingerprint density at radius 2 is 2.07 bits per heavy atom. The summed E-state index contributed by atoms with van der Waals surface area (Å²) in [4.78, 5) is 27.7. The maximum absolute atomic E-state index is 13.1. The van der Waals surface area contributed by atoms with E-state index in [-0.39, 0.29) is 23.5 Å². The van der Waals surface area contributed by atoms with Gasteiger partial charge in [-0.3, -0.25) is 14.3 Å². The van der Waals surface area contributed by atoms with E-state index < -0.39 is 0 Å². The number of thiophene rings is 1. The average Bonchev–Trinajstić information content (AvgIpc) is 3.24. The summed E-state index contributed by atoms with van der Waals surface area (Å²) in [5.74, 6) is -0.965. The molecule has 28 heavy (non-hydrogen) atoms. The summed E-state index contributed by atoms with van der Waals surface area (Å²) >= 11 is 1.40. The number of carbonyl (C=O) groups excluding carboxylic acids is 2. The molecule has 1 atom stereocenters. The number of primary amides is 1. The summed E-state index contributed by atoms with van der Waals surface area (Å²) in [6.45, 7) is 3.43. The van der Waals surface area contributed by atoms with Crippen molar-refractivity contribution in [2.45, 2.75) is 26.3 Å². The Bertz CT molecular complexity index is 1040. The molecule has 3 heterocycles. The SMILES string of the molecule is Cc1nn(Cc2ccc(F)cc2)c2sc(C(=O)N3CCC[C@H](C(N)=O)C3)cc12. The van der Waals surface area contributed by atoms with Gasteiger partial charge in [0.25, 0.3) is 5.91 Å². The molecule has 2 N–H and O–H groups in total. The van der Waals surface area contributed by atoms with Crippen LogP contribution >= 0.6 is 11.3 Å². The van der Waals surface area contributed by atoms with Gasteiger partial charge in [-0.1, -0.05) is 12.1 Å². The maximum Gasteiger partial charge on any atom is 0.264 e. The number of rotatable bonds is 4. The predicted molar refractivity (Wildman–Crippen MR) is 106 cm³/mol. The van der Waals surface area contributed by atoms with Gasteiger partial charge in [-0.25, -0.2) is 4.39 Å². The Kier molecular flexibility index (Phi) is 4.89. The third-order valence-corrected chi connectivity index (χ3v) is 6.31. The summed E-state index contributed by atoms with van der Waals surface area (Å²) in [7, 11) is 0. The van der Waals surface area contributed by atoms with Gasteiger partial charge >= 0.3 is 0 Å². The number of hydrogen-bond acceptors (Lipinski definition) is 4. The Morgan fingerprint density at radius 1 is 1.32 bits per heavy atom. The molecule has 1 aliphatic heterocycles. The third kappa shape index (κ3) is 3.52. The van der Waals surface area contributed by atoms with Crippen molar-refractivity contribution in [2.24, 2.45) is 11.7 Å². The van der Waals surface area contributed by atoms with Crippen molar-refractivity contribution in [3.8, 4) is 0 Å². The molecular formula is C20H21FN4O2S. The van der Waals surface area contributed by atoms with E-state index in [4.69, 9.17) is 5.73 Å². The van der Waals surface area contributed by atoms with Gasteiger partial charge in [-0.2, -0.15) is 5.10 Å². The highest BCUT2D eigenvalue weighted by Gasteiger charge is 2.29. The van der Waals surface area contributed by atoms with Crippen LogP contribution in [0, 0.1) is 18.7 Å². The minimum Gasteiger partial charge on any atom is -0.369 e. The Labute approximate surface area is 165 Å². The Hall–Kier alpha value is -2.74. The maximum atomic E-state index is 13.1. The van der Waals surface area contributed by atoms with E-state index in [0.29, 0.717) is 24.5 Å². The molecule has 0 radical (unpaired) electrons. The lowest BCUT2D eigenvalue weighted by Crippen LogP contribution is -2.43. The van der Waals surface area contributed by atoms with Crippen molar-refractivity contribution >= 4 is 33.4 Å². The van der Waals surface area contributed by atoms with E-state index in [0.717, 1.165) is 34.3 Å². The molecule has 2 aromatic heterocycles. The number of fused-ring (bicyclic) bond motifs is 1. The third-order valence-electron chi connectivity index (χ3n) is 5.17. The molecule has 2 amide bonds. The highest BCUT2D eigenvalue weighted by Crippen LogP contribution is 2.30. The van der Waals surface area contributed by atoms with Gasteiger partial charge in [0, 0.05) is 18.5 Å². The second kappa shape index (κ2) is 7.35. The molecule has 0 bridgehead atoms. The van der Waals surface area contributed by atoms with Crippen LogP contribution in [0.1, 0.15) is 33.8 Å². The quantitative estimate of drug-likeness (QED) is 0.731. The number of nitrogens with zero attached hydrogens (tertiary/aromatic N) is 3. The number of likely N-dealkylation sites (tertiary alicyclic amines) is 1. The molecular weight excluding hydrogens is 379 g/mol. The van der Waals surface area contributed by atoms with E-state index in [1.165, 1.54) is 23.5 Å². The van der Waals surface area contributed by atoms with Crippen molar-refractivity contribution in [3.63, 3.8) is 0 Å². The largest absolute Gasteiger partial charge is 0.369 e. The Morgan fingerprint density at radius 3 is 2.79 bits per heavy atom. The first kappa shape index (κ1) is 18.6. The second-order valence-corrected chi connectivity index (χ2v) is 8.22. The van der Waals surface area contributed by atoms with Gasteiger partial charge in [0.1, 0.15) is 10.6 Å². The molecule has 1 aromatic carbocycles. The van der Waals surface area contributed by atoms with Crippen LogP contribution in [0.15, 0.2) is 30.3 Å². The fourth-order valence-corrected chi connectivity index (χ4v) is 4.77. The van der Waals surface area contributed by atoms with Crippen LogP contribution < -0.4 is 5.73 Å². The second-order valence-electron chi connectivity index (χ2n) is 7.19. The molecule has 0 spiro atoms. The van der Waals surface area contributed by atoms with Gasteiger partial charge < -0.3 is 10.6 Å².